The predicted octanol–water partition coefficient (Wildman–Crippen LogP) is 4.69. The minimum Gasteiger partial charge on any atom is -0.506 e. The number of carbonyl (C=O) groups excluding carboxylic acids is 2. The molecule has 0 saturated heterocycles. The first-order chi connectivity index (χ1) is 18.6. The van der Waals surface area contributed by atoms with Crippen LogP contribution in [0.4, 0.5) is 16.2 Å². The number of aromatic hydroxyl groups is 2. The Morgan fingerprint density at radius 2 is 2.00 bits per heavy atom. The molecule has 0 aromatic heterocycles. The molecule has 0 aliphatic carbocycles. The number of ether oxygens (including phenoxy) is 3. The SMILES string of the molecule is C=CCNc1c(O)cc2c(O)c1CCCC(OC)CC/C=C(\C)C(OC(N)=O)[C@@H](OC)/C=C\C=C(/C)C(=O)N2. The molecule has 1 aliphatic rings. The van der Waals surface area contributed by atoms with Gasteiger partial charge < -0.3 is 40.8 Å². The van der Waals surface area contributed by atoms with Gasteiger partial charge in [-0.15, -0.1) is 6.58 Å². The van der Waals surface area contributed by atoms with Crippen LogP contribution in [-0.2, 0) is 25.4 Å². The fourth-order valence-corrected chi connectivity index (χ4v) is 4.38. The van der Waals surface area contributed by atoms with Crippen LogP contribution in [0.15, 0.2) is 54.2 Å². The fourth-order valence-electron chi connectivity index (χ4n) is 4.38. The van der Waals surface area contributed by atoms with Crippen molar-refractivity contribution >= 4 is 23.4 Å². The maximum absolute atomic E-state index is 12.9. The number of methoxy groups -OCH3 is 2. The van der Waals surface area contributed by atoms with Crippen molar-refractivity contribution in [2.75, 3.05) is 31.4 Å². The lowest BCUT2D eigenvalue weighted by Gasteiger charge is -2.24. The van der Waals surface area contributed by atoms with Crippen LogP contribution in [0.1, 0.15) is 45.1 Å². The Balaban J connectivity index is 2.51. The summed E-state index contributed by atoms with van der Waals surface area (Å²) >= 11 is 0. The number of primary amides is 1. The fraction of sp³-hybridized carbons (Fsp3) is 0.448. The molecule has 0 saturated carbocycles. The zero-order chi connectivity index (χ0) is 28.9. The first-order valence-electron chi connectivity index (χ1n) is 12.9. The quantitative estimate of drug-likeness (QED) is 0.197. The molecule has 2 rings (SSSR count). The Morgan fingerprint density at radius 3 is 2.64 bits per heavy atom. The number of hydrogen-bond acceptors (Lipinski definition) is 8. The number of fused-ring (bicyclic) bond motifs is 2. The highest BCUT2D eigenvalue weighted by Gasteiger charge is 2.25. The van der Waals surface area contributed by atoms with E-state index in [4.69, 9.17) is 19.9 Å². The minimum atomic E-state index is -0.922. The van der Waals surface area contributed by atoms with Gasteiger partial charge >= 0.3 is 6.09 Å². The molecule has 0 spiro atoms. The van der Waals surface area contributed by atoms with Gasteiger partial charge in [0.1, 0.15) is 17.6 Å². The Labute approximate surface area is 230 Å². The molecule has 1 aliphatic heterocycles. The van der Waals surface area contributed by atoms with E-state index >= 15 is 0 Å². The summed E-state index contributed by atoms with van der Waals surface area (Å²) in [5.41, 5.74) is 7.40. The summed E-state index contributed by atoms with van der Waals surface area (Å²) in [6.45, 7) is 7.52. The molecule has 1 aromatic rings. The van der Waals surface area contributed by atoms with Gasteiger partial charge in [0.25, 0.3) is 5.91 Å². The Hall–Kier alpha value is -3.76. The third-order valence-electron chi connectivity index (χ3n) is 6.56. The summed E-state index contributed by atoms with van der Waals surface area (Å²) < 4.78 is 16.6. The topological polar surface area (TPSA) is 152 Å². The van der Waals surface area contributed by atoms with E-state index in [1.54, 1.807) is 38.3 Å². The van der Waals surface area contributed by atoms with Crippen LogP contribution in [0.25, 0.3) is 0 Å². The van der Waals surface area contributed by atoms with Crippen LogP contribution in [0, 0.1) is 0 Å². The number of allylic oxidation sites excluding steroid dienone is 3. The highest BCUT2D eigenvalue weighted by Crippen LogP contribution is 2.41. The van der Waals surface area contributed by atoms with E-state index in [0.717, 1.165) is 5.57 Å². The molecule has 6 N–H and O–H groups in total. The number of hydrogen-bond donors (Lipinski definition) is 5. The zero-order valence-electron chi connectivity index (χ0n) is 23.2. The van der Waals surface area contributed by atoms with Gasteiger partial charge in [0.2, 0.25) is 0 Å². The summed E-state index contributed by atoms with van der Waals surface area (Å²) in [6.07, 6.45) is 9.20. The maximum Gasteiger partial charge on any atom is 0.405 e. The van der Waals surface area contributed by atoms with E-state index in [-0.39, 0.29) is 23.3 Å². The summed E-state index contributed by atoms with van der Waals surface area (Å²) in [5, 5.41) is 27.5. The number of amides is 2. The van der Waals surface area contributed by atoms with Gasteiger partial charge in [-0.1, -0.05) is 30.4 Å². The van der Waals surface area contributed by atoms with Gasteiger partial charge in [-0.3, -0.25) is 4.79 Å². The van der Waals surface area contributed by atoms with Gasteiger partial charge in [-0.2, -0.15) is 0 Å². The van der Waals surface area contributed by atoms with E-state index in [1.807, 2.05) is 13.0 Å². The number of carbonyl (C=O) groups is 2. The van der Waals surface area contributed by atoms with Crippen molar-refractivity contribution in [3.63, 3.8) is 0 Å². The van der Waals surface area contributed by atoms with Crippen LogP contribution in [0.3, 0.4) is 0 Å². The highest BCUT2D eigenvalue weighted by atomic mass is 16.6. The van der Waals surface area contributed by atoms with Crippen molar-refractivity contribution in [1.29, 1.82) is 0 Å². The smallest absolute Gasteiger partial charge is 0.405 e. The molecule has 3 atom stereocenters. The Morgan fingerprint density at radius 1 is 1.26 bits per heavy atom. The van der Waals surface area contributed by atoms with Crippen molar-refractivity contribution in [2.24, 2.45) is 5.73 Å². The first-order valence-corrected chi connectivity index (χ1v) is 12.9. The molecule has 0 fully saturated rings. The molecule has 10 nitrogen and oxygen atoms in total. The number of anilines is 2. The second-order valence-corrected chi connectivity index (χ2v) is 9.34. The molecular weight excluding hydrogens is 502 g/mol. The van der Waals surface area contributed by atoms with E-state index < -0.39 is 24.2 Å². The summed E-state index contributed by atoms with van der Waals surface area (Å²) in [4.78, 5) is 24.5. The van der Waals surface area contributed by atoms with E-state index in [0.29, 0.717) is 55.5 Å². The standard InChI is InChI=1S/C29H41N3O7/c1-6-16-31-25-21-14-9-13-20(37-4)12-7-10-18(2)27(39-29(30)36)24(38-5)15-8-11-19(3)28(35)32-22(26(21)34)17-23(25)33/h6,8,10-11,15,17,20,24,27,31,33-34H,1,7,9,12-14,16H2,2-5H3,(H2,30,36)(H,32,35)/b15-8-,18-10+,19-11+/t20?,24-,27?/m0/s1. The number of benzene rings is 1. The molecule has 10 heteroatoms. The second-order valence-electron chi connectivity index (χ2n) is 9.34. The van der Waals surface area contributed by atoms with Crippen molar-refractivity contribution < 1.29 is 34.0 Å². The highest BCUT2D eigenvalue weighted by molar-refractivity contribution is 6.04. The van der Waals surface area contributed by atoms with Crippen molar-refractivity contribution in [1.82, 2.24) is 0 Å². The number of phenols is 2. The van der Waals surface area contributed by atoms with Gasteiger partial charge in [0.05, 0.1) is 17.5 Å². The monoisotopic (exact) mass is 543 g/mol. The lowest BCUT2D eigenvalue weighted by molar-refractivity contribution is -0.112. The molecule has 39 heavy (non-hydrogen) atoms. The average molecular weight is 544 g/mol. The van der Waals surface area contributed by atoms with Gasteiger partial charge in [-0.05, 0) is 51.5 Å². The van der Waals surface area contributed by atoms with Crippen LogP contribution in [0.5, 0.6) is 11.5 Å². The number of phenolic OH excluding ortho intramolecular Hbond substituents is 2. The first kappa shape index (κ1) is 31.5. The van der Waals surface area contributed by atoms with Crippen LogP contribution in [-0.4, -0.2) is 61.3 Å². The molecule has 0 radical (unpaired) electrons. The lowest BCUT2D eigenvalue weighted by atomic mass is 9.98. The van der Waals surface area contributed by atoms with Gasteiger partial charge in [0.15, 0.2) is 6.10 Å². The molecule has 214 valence electrons. The molecule has 2 amide bonds. The van der Waals surface area contributed by atoms with Gasteiger partial charge in [-0.25, -0.2) is 4.79 Å². The predicted molar refractivity (Wildman–Crippen MR) is 152 cm³/mol. The molecule has 2 bridgehead atoms. The largest absolute Gasteiger partial charge is 0.506 e. The number of nitrogens with two attached hydrogens (primary N) is 1. The van der Waals surface area contributed by atoms with Crippen molar-refractivity contribution in [3.8, 4) is 11.5 Å². The van der Waals surface area contributed by atoms with E-state index in [1.165, 1.54) is 13.2 Å². The molecule has 1 heterocycles. The number of rotatable bonds is 6. The maximum atomic E-state index is 12.9. The number of nitrogens with one attached hydrogen (secondary N) is 2. The molecule has 2 unspecified atom stereocenters. The molecule has 1 aromatic carbocycles. The molecular formula is C29H41N3O7. The second kappa shape index (κ2) is 15.6. The van der Waals surface area contributed by atoms with Crippen molar-refractivity contribution in [3.05, 3.63) is 59.7 Å². The Kier molecular flexibility index (Phi) is 12.6. The third-order valence-corrected chi connectivity index (χ3v) is 6.56. The minimum absolute atomic E-state index is 0.0696. The average Bonchev–Trinajstić information content (AvgIpc) is 2.90. The summed E-state index contributed by atoms with van der Waals surface area (Å²) in [6, 6.07) is 1.31. The zero-order valence-corrected chi connectivity index (χ0v) is 23.2. The summed E-state index contributed by atoms with van der Waals surface area (Å²) in [7, 11) is 3.13. The van der Waals surface area contributed by atoms with E-state index in [9.17, 15) is 19.8 Å². The van der Waals surface area contributed by atoms with Crippen LogP contribution < -0.4 is 16.4 Å². The van der Waals surface area contributed by atoms with Gasteiger partial charge in [0, 0.05) is 38.0 Å². The van der Waals surface area contributed by atoms with Crippen LogP contribution >= 0.6 is 0 Å². The van der Waals surface area contributed by atoms with Crippen LogP contribution in [0.2, 0.25) is 0 Å². The van der Waals surface area contributed by atoms with Crippen molar-refractivity contribution in [2.45, 2.75) is 64.3 Å². The van der Waals surface area contributed by atoms with E-state index in [2.05, 4.69) is 17.2 Å². The lowest BCUT2D eigenvalue weighted by Crippen LogP contribution is -2.34. The normalized spacial score (nSPS) is 24.8. The third kappa shape index (κ3) is 9.19. The summed E-state index contributed by atoms with van der Waals surface area (Å²) in [5.74, 6) is -0.688. The Bertz CT molecular complexity index is 1110.